The van der Waals surface area contributed by atoms with E-state index in [4.69, 9.17) is 21.7 Å². The molecule has 0 aromatic heterocycles. The number of aliphatic carboxylic acids is 1. The Morgan fingerprint density at radius 1 is 1.19 bits per heavy atom. The first-order valence-electron chi connectivity index (χ1n) is 7.99. The highest BCUT2D eigenvalue weighted by Gasteiger charge is 2.41. The third kappa shape index (κ3) is 3.29. The topological polar surface area (TPSA) is 76.1 Å². The van der Waals surface area contributed by atoms with Gasteiger partial charge in [0.15, 0.2) is 17.5 Å². The average Bonchev–Trinajstić information content (AvgIpc) is 3.22. The van der Waals surface area contributed by atoms with Gasteiger partial charge in [0.1, 0.15) is 4.32 Å². The summed E-state index contributed by atoms with van der Waals surface area (Å²) in [6, 6.07) is 12.7. The van der Waals surface area contributed by atoms with E-state index in [9.17, 15) is 14.7 Å². The Bertz CT molecular complexity index is 973. The van der Waals surface area contributed by atoms with Gasteiger partial charge in [0, 0.05) is 0 Å². The Labute approximate surface area is 164 Å². The molecule has 1 saturated heterocycles. The van der Waals surface area contributed by atoms with Crippen molar-refractivity contribution in [1.29, 1.82) is 0 Å². The Hall–Kier alpha value is -2.84. The van der Waals surface area contributed by atoms with Gasteiger partial charge in [-0.1, -0.05) is 60.4 Å². The zero-order valence-electron chi connectivity index (χ0n) is 13.8. The van der Waals surface area contributed by atoms with Gasteiger partial charge in [0.2, 0.25) is 6.79 Å². The van der Waals surface area contributed by atoms with Gasteiger partial charge in [0.05, 0.1) is 4.91 Å². The van der Waals surface area contributed by atoms with Crippen molar-refractivity contribution in [2.45, 2.75) is 6.04 Å². The van der Waals surface area contributed by atoms with Crippen molar-refractivity contribution in [2.24, 2.45) is 0 Å². The first kappa shape index (κ1) is 17.6. The molecule has 0 aliphatic carbocycles. The Balaban J connectivity index is 1.66. The van der Waals surface area contributed by atoms with Gasteiger partial charge < -0.3 is 14.6 Å². The largest absolute Gasteiger partial charge is 0.479 e. The van der Waals surface area contributed by atoms with Crippen molar-refractivity contribution in [1.82, 2.24) is 4.90 Å². The number of carbonyl (C=O) groups excluding carboxylic acids is 1. The summed E-state index contributed by atoms with van der Waals surface area (Å²) in [5.74, 6) is -0.317. The number of hydrogen-bond donors (Lipinski definition) is 1. The van der Waals surface area contributed by atoms with Gasteiger partial charge in [-0.2, -0.15) is 0 Å². The number of nitrogens with zero attached hydrogens (tertiary/aromatic N) is 1. The fraction of sp³-hybridized carbons (Fsp3) is 0.105. The molecule has 2 aromatic carbocycles. The van der Waals surface area contributed by atoms with E-state index in [1.807, 2.05) is 0 Å². The van der Waals surface area contributed by atoms with Crippen molar-refractivity contribution in [3.8, 4) is 11.5 Å². The van der Waals surface area contributed by atoms with Crippen LogP contribution in [0.2, 0.25) is 0 Å². The molecule has 0 radical (unpaired) electrons. The van der Waals surface area contributed by atoms with Crippen LogP contribution in [0, 0.1) is 0 Å². The van der Waals surface area contributed by atoms with E-state index in [0.717, 1.165) is 22.2 Å². The number of thiocarbonyl (C=S) groups is 1. The fourth-order valence-electron chi connectivity index (χ4n) is 2.89. The molecule has 2 aliphatic rings. The zero-order chi connectivity index (χ0) is 19.0. The van der Waals surface area contributed by atoms with Crippen LogP contribution in [0.4, 0.5) is 0 Å². The van der Waals surface area contributed by atoms with E-state index in [-0.39, 0.29) is 11.1 Å². The number of carbonyl (C=O) groups is 2. The minimum atomic E-state index is -1.17. The molecule has 8 heteroatoms. The Kier molecular flexibility index (Phi) is 4.59. The summed E-state index contributed by atoms with van der Waals surface area (Å²) >= 11 is 6.39. The van der Waals surface area contributed by atoms with Gasteiger partial charge in [-0.3, -0.25) is 9.69 Å². The number of benzene rings is 2. The second kappa shape index (κ2) is 7.05. The van der Waals surface area contributed by atoms with Crippen molar-refractivity contribution in [3.05, 3.63) is 64.6 Å². The van der Waals surface area contributed by atoms with Gasteiger partial charge in [-0.25, -0.2) is 4.79 Å². The lowest BCUT2D eigenvalue weighted by Gasteiger charge is -2.23. The van der Waals surface area contributed by atoms with Crippen LogP contribution in [0.25, 0.3) is 6.08 Å². The van der Waals surface area contributed by atoms with Crippen LogP contribution in [0.15, 0.2) is 53.4 Å². The minimum absolute atomic E-state index is 0.165. The van der Waals surface area contributed by atoms with Crippen LogP contribution in [0.3, 0.4) is 0 Å². The summed E-state index contributed by atoms with van der Waals surface area (Å²) in [6.07, 6.45) is 1.67. The lowest BCUT2D eigenvalue weighted by atomic mass is 10.1. The number of thioether (sulfide) groups is 1. The third-order valence-corrected chi connectivity index (χ3v) is 5.46. The molecule has 0 saturated carbocycles. The molecule has 6 nitrogen and oxygen atoms in total. The molecule has 1 fully saturated rings. The highest BCUT2D eigenvalue weighted by atomic mass is 32.2. The number of fused-ring (bicyclic) bond motifs is 1. The van der Waals surface area contributed by atoms with Gasteiger partial charge >= 0.3 is 5.97 Å². The highest BCUT2D eigenvalue weighted by Crippen LogP contribution is 2.39. The van der Waals surface area contributed by atoms with Crippen molar-refractivity contribution in [3.63, 3.8) is 0 Å². The molecular weight excluding hydrogens is 386 g/mol. The molecule has 1 atom stereocenters. The molecular formula is C19H13NO5S2. The van der Waals surface area contributed by atoms with E-state index < -0.39 is 17.9 Å². The summed E-state index contributed by atoms with van der Waals surface area (Å²) in [5, 5.41) is 9.69. The lowest BCUT2D eigenvalue weighted by Crippen LogP contribution is -2.37. The van der Waals surface area contributed by atoms with Crippen molar-refractivity contribution in [2.75, 3.05) is 6.79 Å². The molecule has 0 bridgehead atoms. The van der Waals surface area contributed by atoms with E-state index in [1.165, 1.54) is 0 Å². The molecule has 1 amide bonds. The van der Waals surface area contributed by atoms with Crippen LogP contribution in [-0.4, -0.2) is 33.0 Å². The monoisotopic (exact) mass is 399 g/mol. The van der Waals surface area contributed by atoms with Crippen molar-refractivity contribution >= 4 is 46.3 Å². The van der Waals surface area contributed by atoms with Crippen LogP contribution >= 0.6 is 24.0 Å². The number of carboxylic acids is 1. The summed E-state index contributed by atoms with van der Waals surface area (Å²) in [7, 11) is 0. The molecule has 2 aromatic rings. The Morgan fingerprint density at radius 3 is 2.67 bits per heavy atom. The molecule has 0 spiro atoms. The molecule has 1 unspecified atom stereocenters. The standard InChI is InChI=1S/C19H13NO5S2/c21-17-15(9-11-6-7-13-14(8-11)25-10-24-13)27-19(26)20(17)16(18(22)23)12-4-2-1-3-5-12/h1-9,16H,10H2,(H,22,23)/b15-9+. The van der Waals surface area contributed by atoms with Crippen molar-refractivity contribution < 1.29 is 24.2 Å². The quantitative estimate of drug-likeness (QED) is 0.623. The Morgan fingerprint density at radius 2 is 1.93 bits per heavy atom. The van der Waals surface area contributed by atoms with Gasteiger partial charge in [-0.15, -0.1) is 0 Å². The summed E-state index contributed by atoms with van der Waals surface area (Å²) in [6.45, 7) is 0.165. The molecule has 4 rings (SSSR count). The van der Waals surface area contributed by atoms with E-state index in [2.05, 4.69) is 0 Å². The third-order valence-electron chi connectivity index (χ3n) is 4.13. The van der Waals surface area contributed by atoms with Gasteiger partial charge in [-0.05, 0) is 29.3 Å². The normalized spacial score (nSPS) is 18.2. The zero-order valence-corrected chi connectivity index (χ0v) is 15.5. The second-order valence-electron chi connectivity index (χ2n) is 5.82. The van der Waals surface area contributed by atoms with E-state index in [1.54, 1.807) is 54.6 Å². The number of carboxylic acid groups (broad SMARTS) is 1. The first-order chi connectivity index (χ1) is 13.0. The SMILES string of the molecule is O=C(O)C(c1ccccc1)N1C(=O)/C(=C\c2ccc3c(c2)OCO3)SC1=S. The number of hydrogen-bond acceptors (Lipinski definition) is 6. The predicted octanol–water partition coefficient (Wildman–Crippen LogP) is 3.44. The minimum Gasteiger partial charge on any atom is -0.479 e. The number of rotatable bonds is 4. The van der Waals surface area contributed by atoms with Crippen LogP contribution < -0.4 is 9.47 Å². The average molecular weight is 399 g/mol. The molecule has 136 valence electrons. The predicted molar refractivity (Wildman–Crippen MR) is 104 cm³/mol. The maximum Gasteiger partial charge on any atom is 0.331 e. The van der Waals surface area contributed by atoms with E-state index >= 15 is 0 Å². The molecule has 2 aliphatic heterocycles. The second-order valence-corrected chi connectivity index (χ2v) is 7.49. The number of ether oxygens (including phenoxy) is 2. The first-order valence-corrected chi connectivity index (χ1v) is 9.21. The summed E-state index contributed by atoms with van der Waals surface area (Å²) in [5.41, 5.74) is 1.23. The summed E-state index contributed by atoms with van der Waals surface area (Å²) in [4.78, 5) is 26.3. The number of amides is 1. The molecule has 27 heavy (non-hydrogen) atoms. The van der Waals surface area contributed by atoms with Gasteiger partial charge in [0.25, 0.3) is 5.91 Å². The smallest absolute Gasteiger partial charge is 0.331 e. The molecule has 1 N–H and O–H groups in total. The van der Waals surface area contributed by atoms with Crippen LogP contribution in [0.1, 0.15) is 17.2 Å². The maximum atomic E-state index is 12.9. The van der Waals surface area contributed by atoms with E-state index in [0.29, 0.717) is 22.0 Å². The highest BCUT2D eigenvalue weighted by molar-refractivity contribution is 8.26. The molecule has 2 heterocycles. The van der Waals surface area contributed by atoms with Crippen LogP contribution in [0.5, 0.6) is 11.5 Å². The summed E-state index contributed by atoms with van der Waals surface area (Å²) < 4.78 is 10.8. The fourth-order valence-corrected chi connectivity index (χ4v) is 4.21. The van der Waals surface area contributed by atoms with Crippen LogP contribution in [-0.2, 0) is 9.59 Å². The lowest BCUT2D eigenvalue weighted by molar-refractivity contribution is -0.145. The maximum absolute atomic E-state index is 12.9.